The number of benzene rings is 1. The Hall–Kier alpha value is -1.62. The first-order valence-electron chi connectivity index (χ1n) is 7.43. The van der Waals surface area contributed by atoms with E-state index in [1.165, 1.54) is 18.2 Å². The van der Waals surface area contributed by atoms with E-state index >= 15 is 0 Å². The van der Waals surface area contributed by atoms with Gasteiger partial charge in [0.25, 0.3) is 5.91 Å². The zero-order chi connectivity index (χ0) is 16.3. The van der Waals surface area contributed by atoms with Crippen LogP contribution < -0.4 is 0 Å². The molecule has 1 fully saturated rings. The molecule has 4 nitrogen and oxygen atoms in total. The lowest BCUT2D eigenvalue weighted by Crippen LogP contribution is -2.39. The molecule has 0 aliphatic carbocycles. The second-order valence-corrected chi connectivity index (χ2v) is 6.19. The van der Waals surface area contributed by atoms with E-state index in [0.29, 0.717) is 37.6 Å². The van der Waals surface area contributed by atoms with Crippen molar-refractivity contribution < 1.29 is 14.0 Å². The predicted molar refractivity (Wildman–Crippen MR) is 83.3 cm³/mol. The van der Waals surface area contributed by atoms with Gasteiger partial charge in [0.05, 0.1) is 5.56 Å². The maximum Gasteiger partial charge on any atom is 0.256 e. The molecule has 2 rings (SSSR count). The summed E-state index contributed by atoms with van der Waals surface area (Å²) in [4.78, 5) is 27.9. The van der Waals surface area contributed by atoms with Crippen molar-refractivity contribution in [2.24, 2.45) is 5.92 Å². The molecule has 0 saturated carbocycles. The highest BCUT2D eigenvalue weighted by Gasteiger charge is 2.25. The second-order valence-electron chi connectivity index (χ2n) is 5.75. The molecule has 22 heavy (non-hydrogen) atoms. The van der Waals surface area contributed by atoms with Gasteiger partial charge in [-0.05, 0) is 24.6 Å². The Morgan fingerprint density at radius 3 is 2.45 bits per heavy atom. The van der Waals surface area contributed by atoms with Crippen LogP contribution in [0.15, 0.2) is 18.2 Å². The first-order chi connectivity index (χ1) is 10.4. The zero-order valence-corrected chi connectivity index (χ0v) is 13.6. The minimum Gasteiger partial charge on any atom is -0.341 e. The van der Waals surface area contributed by atoms with Crippen LogP contribution in [0.4, 0.5) is 4.39 Å². The highest BCUT2D eigenvalue weighted by molar-refractivity contribution is 6.31. The van der Waals surface area contributed by atoms with Crippen LogP contribution >= 0.6 is 11.6 Å². The molecule has 0 spiro atoms. The van der Waals surface area contributed by atoms with Crippen LogP contribution in [0.1, 0.15) is 30.6 Å². The van der Waals surface area contributed by atoms with E-state index < -0.39 is 5.82 Å². The van der Waals surface area contributed by atoms with Crippen LogP contribution in [0.5, 0.6) is 0 Å². The zero-order valence-electron chi connectivity index (χ0n) is 12.8. The van der Waals surface area contributed by atoms with Gasteiger partial charge in [-0.15, -0.1) is 0 Å². The molecule has 0 atom stereocenters. The third-order valence-electron chi connectivity index (χ3n) is 3.75. The van der Waals surface area contributed by atoms with Gasteiger partial charge in [-0.25, -0.2) is 4.39 Å². The largest absolute Gasteiger partial charge is 0.341 e. The fraction of sp³-hybridized carbons (Fsp3) is 0.500. The van der Waals surface area contributed by atoms with Crippen molar-refractivity contribution in [2.45, 2.75) is 20.3 Å². The van der Waals surface area contributed by atoms with Crippen LogP contribution in [0.2, 0.25) is 5.02 Å². The van der Waals surface area contributed by atoms with Gasteiger partial charge in [0.1, 0.15) is 5.82 Å². The van der Waals surface area contributed by atoms with E-state index in [4.69, 9.17) is 11.6 Å². The minimum atomic E-state index is -0.575. The Morgan fingerprint density at radius 1 is 1.14 bits per heavy atom. The van der Waals surface area contributed by atoms with Crippen LogP contribution in [0, 0.1) is 11.7 Å². The standard InChI is InChI=1S/C16H20ClFN2O2/c1-11(2)15(21)19-6-3-7-20(9-8-19)16(22)13-10-12(17)4-5-14(13)18/h4-5,10-11H,3,6-9H2,1-2H3. The topological polar surface area (TPSA) is 40.6 Å². The lowest BCUT2D eigenvalue weighted by atomic mass is 10.2. The van der Waals surface area contributed by atoms with Gasteiger partial charge in [-0.3, -0.25) is 9.59 Å². The molecule has 0 bridgehead atoms. The van der Waals surface area contributed by atoms with Gasteiger partial charge < -0.3 is 9.80 Å². The van der Waals surface area contributed by atoms with Gasteiger partial charge in [0.2, 0.25) is 5.91 Å². The first kappa shape index (κ1) is 16.7. The summed E-state index contributed by atoms with van der Waals surface area (Å²) in [5, 5.41) is 0.330. The number of rotatable bonds is 2. The average Bonchev–Trinajstić information content (AvgIpc) is 2.74. The highest BCUT2D eigenvalue weighted by Crippen LogP contribution is 2.18. The molecule has 1 heterocycles. The van der Waals surface area contributed by atoms with Gasteiger partial charge in [0.15, 0.2) is 0 Å². The smallest absolute Gasteiger partial charge is 0.256 e. The van der Waals surface area contributed by atoms with Crippen molar-refractivity contribution in [1.29, 1.82) is 0 Å². The van der Waals surface area contributed by atoms with E-state index in [1.807, 2.05) is 13.8 Å². The van der Waals surface area contributed by atoms with Gasteiger partial charge in [0, 0.05) is 37.1 Å². The summed E-state index contributed by atoms with van der Waals surface area (Å²) in [6, 6.07) is 3.96. The fourth-order valence-corrected chi connectivity index (χ4v) is 2.71. The summed E-state index contributed by atoms with van der Waals surface area (Å²) in [6.45, 7) is 5.73. The quantitative estimate of drug-likeness (QED) is 0.838. The normalized spacial score (nSPS) is 15.9. The molecule has 0 radical (unpaired) electrons. The van der Waals surface area contributed by atoms with Gasteiger partial charge in [-0.1, -0.05) is 25.4 Å². The highest BCUT2D eigenvalue weighted by atomic mass is 35.5. The van der Waals surface area contributed by atoms with Crippen molar-refractivity contribution in [2.75, 3.05) is 26.2 Å². The van der Waals surface area contributed by atoms with Crippen molar-refractivity contribution in [3.05, 3.63) is 34.6 Å². The van der Waals surface area contributed by atoms with E-state index in [0.717, 1.165) is 0 Å². The maximum atomic E-state index is 13.8. The number of carbonyl (C=O) groups is 2. The molecular weight excluding hydrogens is 307 g/mol. The summed E-state index contributed by atoms with van der Waals surface area (Å²) < 4.78 is 13.8. The van der Waals surface area contributed by atoms with Crippen molar-refractivity contribution in [3.63, 3.8) is 0 Å². The summed E-state index contributed by atoms with van der Waals surface area (Å²) in [5.74, 6) is -0.927. The van der Waals surface area contributed by atoms with Crippen molar-refractivity contribution >= 4 is 23.4 Å². The van der Waals surface area contributed by atoms with Gasteiger partial charge in [-0.2, -0.15) is 0 Å². The molecule has 1 aliphatic heterocycles. The number of halogens is 2. The lowest BCUT2D eigenvalue weighted by molar-refractivity contribution is -0.134. The summed E-state index contributed by atoms with van der Waals surface area (Å²) in [5.41, 5.74) is -0.0175. The van der Waals surface area contributed by atoms with Crippen molar-refractivity contribution in [3.8, 4) is 0 Å². The number of amides is 2. The fourth-order valence-electron chi connectivity index (χ4n) is 2.54. The Bertz CT molecular complexity index is 577. The summed E-state index contributed by atoms with van der Waals surface area (Å²) in [6.07, 6.45) is 0.687. The molecule has 120 valence electrons. The van der Waals surface area contributed by atoms with Crippen LogP contribution in [0.3, 0.4) is 0 Å². The van der Waals surface area contributed by atoms with Crippen molar-refractivity contribution in [1.82, 2.24) is 9.80 Å². The van der Waals surface area contributed by atoms with Crippen LogP contribution in [-0.4, -0.2) is 47.8 Å². The Kier molecular flexibility index (Phi) is 5.40. The first-order valence-corrected chi connectivity index (χ1v) is 7.81. The molecule has 6 heteroatoms. The minimum absolute atomic E-state index is 0.0175. The summed E-state index contributed by atoms with van der Waals surface area (Å²) >= 11 is 5.84. The maximum absolute atomic E-state index is 13.8. The van der Waals surface area contributed by atoms with Crippen LogP contribution in [0.25, 0.3) is 0 Å². The SMILES string of the molecule is CC(C)C(=O)N1CCCN(C(=O)c2cc(Cl)ccc2F)CC1. The molecule has 0 N–H and O–H groups in total. The Morgan fingerprint density at radius 2 is 1.77 bits per heavy atom. The third-order valence-corrected chi connectivity index (χ3v) is 3.98. The van der Waals surface area contributed by atoms with E-state index in [1.54, 1.807) is 9.80 Å². The molecular formula is C16H20ClFN2O2. The Labute approximate surface area is 134 Å². The molecule has 2 amide bonds. The molecule has 1 saturated heterocycles. The molecule has 1 aromatic carbocycles. The van der Waals surface area contributed by atoms with E-state index in [2.05, 4.69) is 0 Å². The molecule has 0 aromatic heterocycles. The summed E-state index contributed by atoms with van der Waals surface area (Å²) in [7, 11) is 0. The van der Waals surface area contributed by atoms with Gasteiger partial charge >= 0.3 is 0 Å². The Balaban J connectivity index is 2.09. The predicted octanol–water partition coefficient (Wildman–Crippen LogP) is 2.81. The number of nitrogens with zero attached hydrogens (tertiary/aromatic N) is 2. The average molecular weight is 327 g/mol. The second kappa shape index (κ2) is 7.09. The third kappa shape index (κ3) is 3.77. The molecule has 0 unspecified atom stereocenters. The van der Waals surface area contributed by atoms with E-state index in [-0.39, 0.29) is 23.3 Å². The number of hydrogen-bond acceptors (Lipinski definition) is 2. The monoisotopic (exact) mass is 326 g/mol. The van der Waals surface area contributed by atoms with E-state index in [9.17, 15) is 14.0 Å². The van der Waals surface area contributed by atoms with Crippen LogP contribution in [-0.2, 0) is 4.79 Å². The number of carbonyl (C=O) groups excluding carboxylic acids is 2. The lowest BCUT2D eigenvalue weighted by Gasteiger charge is -2.23. The number of hydrogen-bond donors (Lipinski definition) is 0. The molecule has 1 aliphatic rings. The molecule has 1 aromatic rings.